The number of aliphatic hydroxyl groups is 2. The van der Waals surface area contributed by atoms with Crippen molar-refractivity contribution >= 4 is 64.3 Å². The van der Waals surface area contributed by atoms with Crippen molar-refractivity contribution in [2.24, 2.45) is 0 Å². The normalized spacial score (nSPS) is 14.2. The number of unbranched alkanes of at least 4 members (excludes halogenated alkanes) is 2. The van der Waals surface area contributed by atoms with Gasteiger partial charge in [0.2, 0.25) is 0 Å². The summed E-state index contributed by atoms with van der Waals surface area (Å²) in [6.07, 6.45) is 0.0336. The number of esters is 6. The Kier molecular flexibility index (Phi) is 17.2. The van der Waals surface area contributed by atoms with E-state index in [2.05, 4.69) is 48.8 Å². The molecule has 2 aromatic carbocycles. The molecule has 17 nitrogen and oxygen atoms in total. The molecule has 2 aromatic rings. The molecule has 0 radical (unpaired) electrons. The molecule has 4 rings (SSSR count). The van der Waals surface area contributed by atoms with Gasteiger partial charge in [-0.1, -0.05) is 26.0 Å². The number of hydrogen-bond donors (Lipinski definition) is 2. The first-order chi connectivity index (χ1) is 29.5. The van der Waals surface area contributed by atoms with E-state index < -0.39 is 76.5 Å². The van der Waals surface area contributed by atoms with Crippen LogP contribution in [0.25, 0.3) is 0 Å². The van der Waals surface area contributed by atoms with Gasteiger partial charge in [-0.25, -0.2) is 28.8 Å². The van der Waals surface area contributed by atoms with Crippen LogP contribution in [0.3, 0.4) is 0 Å². The van der Waals surface area contributed by atoms with Crippen LogP contribution in [0.2, 0.25) is 38.3 Å². The topological polar surface area (TPSA) is 230 Å². The third-order valence-corrected chi connectivity index (χ3v) is 17.7. The lowest BCUT2D eigenvalue weighted by Crippen LogP contribution is -2.44. The number of ether oxygens (including phenoxy) is 4. The van der Waals surface area contributed by atoms with Crippen molar-refractivity contribution in [3.63, 3.8) is 0 Å². The van der Waals surface area contributed by atoms with Crippen molar-refractivity contribution in [2.45, 2.75) is 90.0 Å². The molecule has 2 unspecified atom stereocenters. The van der Waals surface area contributed by atoms with E-state index in [1.165, 1.54) is 60.0 Å². The summed E-state index contributed by atoms with van der Waals surface area (Å²) >= 11 is 0. The monoisotopic (exact) mass is 908 g/mol. The Morgan fingerprint density at radius 2 is 0.952 bits per heavy atom. The van der Waals surface area contributed by atoms with Crippen molar-refractivity contribution in [3.8, 4) is 0 Å². The zero-order chi connectivity index (χ0) is 46.8. The van der Waals surface area contributed by atoms with E-state index in [0.717, 1.165) is 12.1 Å². The number of carbonyl (C=O) groups is 8. The van der Waals surface area contributed by atoms with Crippen molar-refractivity contribution in [2.75, 3.05) is 39.4 Å². The van der Waals surface area contributed by atoms with Crippen LogP contribution < -0.4 is 0 Å². The fraction of sp³-hybridized carbons (Fsp3) is 0.455. The first-order valence-electron chi connectivity index (χ1n) is 20.6. The molecule has 0 fully saturated rings. The highest BCUT2D eigenvalue weighted by Crippen LogP contribution is 2.27. The Morgan fingerprint density at radius 3 is 1.30 bits per heavy atom. The Morgan fingerprint density at radius 1 is 0.603 bits per heavy atom. The molecule has 2 aliphatic heterocycles. The molecule has 19 heteroatoms. The third kappa shape index (κ3) is 14.2. The smallest absolute Gasteiger partial charge is 0.346 e. The predicted molar refractivity (Wildman–Crippen MR) is 232 cm³/mol. The molecule has 63 heavy (non-hydrogen) atoms. The maximum atomic E-state index is 13.7. The Bertz CT molecular complexity index is 2020. The number of hydrogen-bond acceptors (Lipinski definition) is 15. The van der Waals surface area contributed by atoms with Crippen LogP contribution in [0.5, 0.6) is 0 Å². The average molecular weight is 909 g/mol. The van der Waals surface area contributed by atoms with Gasteiger partial charge in [0.25, 0.3) is 11.8 Å². The molecule has 0 saturated heterocycles. The summed E-state index contributed by atoms with van der Waals surface area (Å²) in [4.78, 5) is 102. The van der Waals surface area contributed by atoms with Crippen LogP contribution in [0.1, 0.15) is 102 Å². The van der Waals surface area contributed by atoms with Gasteiger partial charge in [0.05, 0.1) is 35.3 Å². The minimum Gasteiger partial charge on any atom is -0.460 e. The lowest BCUT2D eigenvalue weighted by atomic mass is 10.0. The summed E-state index contributed by atoms with van der Waals surface area (Å²) in [5, 5.41) is 21.5. The lowest BCUT2D eigenvalue weighted by molar-refractivity contribution is -0.142. The van der Waals surface area contributed by atoms with Gasteiger partial charge in [0.15, 0.2) is 16.6 Å². The summed E-state index contributed by atoms with van der Waals surface area (Å²) in [6.45, 7) is 17.9. The Balaban J connectivity index is 1.33. The zero-order valence-electron chi connectivity index (χ0n) is 36.6. The van der Waals surface area contributed by atoms with Crippen LogP contribution >= 0.6 is 0 Å². The fourth-order valence-corrected chi connectivity index (χ4v) is 16.1. The third-order valence-electron chi connectivity index (χ3n) is 10.2. The van der Waals surface area contributed by atoms with Gasteiger partial charge in [-0.2, -0.15) is 0 Å². The van der Waals surface area contributed by atoms with Gasteiger partial charge in [0.1, 0.15) is 25.4 Å². The molecular weight excluding hydrogens is 853 g/mol. The molecule has 0 bridgehead atoms. The first-order valence-corrected chi connectivity index (χ1v) is 26.8. The minimum atomic E-state index is -2.25. The van der Waals surface area contributed by atoms with Crippen molar-refractivity contribution in [1.29, 1.82) is 0 Å². The SMILES string of the molecule is C=C(C)C(=O)OCC(O)CN(CCCC[Si](C)(C)O[Si](C)(C)CCCCN(CC(O)COC(=O)C(=C)C)C(=O)c1ccc2c(c1)C(=O)OC2=O)C(=O)c1ccc2c(c1)C(=O)OC2=O. The number of benzene rings is 2. The number of aliphatic hydroxyl groups excluding tert-OH is 2. The van der Waals surface area contributed by atoms with E-state index in [-0.39, 0.29) is 83.9 Å². The van der Waals surface area contributed by atoms with Gasteiger partial charge in [0, 0.05) is 35.4 Å². The van der Waals surface area contributed by atoms with Crippen LogP contribution in [0.4, 0.5) is 0 Å². The van der Waals surface area contributed by atoms with E-state index in [4.69, 9.17) is 13.6 Å². The summed E-state index contributed by atoms with van der Waals surface area (Å²) < 4.78 is 26.3. The van der Waals surface area contributed by atoms with Crippen molar-refractivity contribution in [3.05, 3.63) is 94.1 Å². The first kappa shape index (κ1) is 50.0. The molecule has 2 aliphatic rings. The summed E-state index contributed by atoms with van der Waals surface area (Å²) in [7, 11) is -4.51. The number of carbonyl (C=O) groups excluding carboxylic acids is 8. The maximum absolute atomic E-state index is 13.7. The standard InChI is InChI=1S/C44H56N2O15Si2/c1-27(2)39(51)57-25-31(47)23-45(37(49)29-13-15-33-35(21-29)43(55)59-41(33)53)17-9-11-19-62(5,6)61-63(7,8)20-12-10-18-46(24-32(48)26-58-40(52)28(3)4)38(50)30-14-16-34-36(22-30)44(56)60-42(34)54/h13-16,21-22,31-32,47-48H,1,3,9-12,17-20,23-26H2,2,4-8H3. The predicted octanol–water partition coefficient (Wildman–Crippen LogP) is 4.84. The van der Waals surface area contributed by atoms with E-state index in [0.29, 0.717) is 25.7 Å². The lowest BCUT2D eigenvalue weighted by Gasteiger charge is -2.34. The highest BCUT2D eigenvalue weighted by Gasteiger charge is 2.35. The summed E-state index contributed by atoms with van der Waals surface area (Å²) in [5.74, 6) is -5.64. The van der Waals surface area contributed by atoms with E-state index >= 15 is 0 Å². The molecule has 0 aromatic heterocycles. The second kappa shape index (κ2) is 21.7. The molecule has 2 amide bonds. The van der Waals surface area contributed by atoms with Crippen LogP contribution in [-0.2, 0) is 32.7 Å². The summed E-state index contributed by atoms with van der Waals surface area (Å²) in [5.41, 5.74) is 0.633. The average Bonchev–Trinajstić information content (AvgIpc) is 3.67. The second-order valence-corrected chi connectivity index (χ2v) is 25.8. The summed E-state index contributed by atoms with van der Waals surface area (Å²) in [6, 6.07) is 9.63. The highest BCUT2D eigenvalue weighted by molar-refractivity contribution is 6.84. The van der Waals surface area contributed by atoms with E-state index in [1.807, 2.05) is 0 Å². The Hall–Kier alpha value is -5.61. The number of cyclic esters (lactones) is 4. The maximum Gasteiger partial charge on any atom is 0.346 e. The minimum absolute atomic E-state index is 0.0223. The van der Waals surface area contributed by atoms with Gasteiger partial charge >= 0.3 is 35.8 Å². The fourth-order valence-electron chi connectivity index (χ4n) is 7.11. The number of nitrogens with zero attached hydrogens (tertiary/aromatic N) is 2. The highest BCUT2D eigenvalue weighted by atomic mass is 28.4. The molecule has 340 valence electrons. The molecule has 2 atom stereocenters. The number of amides is 2. The second-order valence-electron chi connectivity index (χ2n) is 17.0. The van der Waals surface area contributed by atoms with Crippen LogP contribution in [-0.4, -0.2) is 136 Å². The quantitative estimate of drug-likeness (QED) is 0.0359. The van der Waals surface area contributed by atoms with Crippen molar-refractivity contribution < 1.29 is 71.6 Å². The molecular formula is C44H56N2O15Si2. The van der Waals surface area contributed by atoms with Gasteiger partial charge in [-0.3, -0.25) is 9.59 Å². The molecule has 0 aliphatic carbocycles. The van der Waals surface area contributed by atoms with Gasteiger partial charge in [-0.05, 0) is 101 Å². The number of fused-ring (bicyclic) bond motifs is 2. The van der Waals surface area contributed by atoms with Gasteiger partial charge in [-0.15, -0.1) is 0 Å². The molecule has 0 saturated carbocycles. The Labute approximate surface area is 368 Å². The zero-order valence-corrected chi connectivity index (χ0v) is 38.6. The van der Waals surface area contributed by atoms with Crippen LogP contribution in [0.15, 0.2) is 60.7 Å². The molecule has 2 heterocycles. The number of rotatable bonds is 24. The van der Waals surface area contributed by atoms with E-state index in [1.54, 1.807) is 0 Å². The molecule has 2 N–H and O–H groups in total. The molecule has 0 spiro atoms. The van der Waals surface area contributed by atoms with Crippen LogP contribution in [0, 0.1) is 0 Å². The van der Waals surface area contributed by atoms with Gasteiger partial charge < -0.3 is 43.1 Å². The largest absolute Gasteiger partial charge is 0.460 e. The van der Waals surface area contributed by atoms with Crippen molar-refractivity contribution in [1.82, 2.24) is 9.80 Å². The van der Waals surface area contributed by atoms with E-state index in [9.17, 15) is 48.6 Å².